The Balaban J connectivity index is 2.26. The van der Waals surface area contributed by atoms with Gasteiger partial charge in [-0.05, 0) is 27.2 Å². The van der Waals surface area contributed by atoms with Crippen molar-refractivity contribution in [2.45, 2.75) is 70.1 Å². The van der Waals surface area contributed by atoms with Crippen LogP contribution in [-0.4, -0.2) is 48.2 Å². The summed E-state index contributed by atoms with van der Waals surface area (Å²) in [5.41, 5.74) is -0.749. The van der Waals surface area contributed by atoms with Crippen LogP contribution in [0.5, 0.6) is 0 Å². The number of hydrogen-bond acceptors (Lipinski definition) is 5. The molecule has 0 bridgehead atoms. The van der Waals surface area contributed by atoms with Crippen LogP contribution in [-0.2, 0) is 18.9 Å². The van der Waals surface area contributed by atoms with Crippen LogP contribution in [0.1, 0.15) is 34.1 Å². The number of hydrogen-bond donors (Lipinski definition) is 1. The lowest BCUT2D eigenvalue weighted by Crippen LogP contribution is -2.52. The quantitative estimate of drug-likeness (QED) is 0.806. The molecule has 2 heterocycles. The van der Waals surface area contributed by atoms with Crippen LogP contribution in [0.3, 0.4) is 0 Å². The first kappa shape index (κ1) is 13.2. The Hall–Kier alpha value is -0.200. The molecule has 1 N–H and O–H groups in total. The topological polar surface area (TPSA) is 57.2 Å². The molecule has 2 rings (SSSR count). The van der Waals surface area contributed by atoms with Gasteiger partial charge in [0.2, 0.25) is 0 Å². The average molecular weight is 246 g/mol. The Morgan fingerprint density at radius 3 is 2.41 bits per heavy atom. The summed E-state index contributed by atoms with van der Waals surface area (Å²) in [6, 6.07) is 0. The minimum Gasteiger partial charge on any atom is -0.390 e. The molecule has 0 aromatic heterocycles. The monoisotopic (exact) mass is 246 g/mol. The number of rotatable bonds is 3. The number of methoxy groups -OCH3 is 1. The van der Waals surface area contributed by atoms with E-state index in [9.17, 15) is 5.11 Å². The Morgan fingerprint density at radius 2 is 1.94 bits per heavy atom. The Morgan fingerprint density at radius 1 is 1.29 bits per heavy atom. The zero-order chi connectivity index (χ0) is 12.8. The second-order valence-electron chi connectivity index (χ2n) is 5.23. The first-order valence-corrected chi connectivity index (χ1v) is 6.10. The highest BCUT2D eigenvalue weighted by Gasteiger charge is 2.63. The van der Waals surface area contributed by atoms with E-state index in [1.54, 1.807) is 14.0 Å². The van der Waals surface area contributed by atoms with Crippen LogP contribution in [0.4, 0.5) is 0 Å². The standard InChI is InChI=1S/C12H22O5/c1-6-12(7(2)13)9(14-5)8-10(17-12)16-11(3,4)15-8/h7-10,13H,6H2,1-5H3/t7-,8-,9+,10+,12-/m1/s1. The summed E-state index contributed by atoms with van der Waals surface area (Å²) in [7, 11) is 1.61. The zero-order valence-corrected chi connectivity index (χ0v) is 11.1. The third-order valence-corrected chi connectivity index (χ3v) is 3.72. The number of aliphatic hydroxyl groups is 1. The summed E-state index contributed by atoms with van der Waals surface area (Å²) in [5.74, 6) is -0.662. The van der Waals surface area contributed by atoms with Crippen LogP contribution in [0.2, 0.25) is 0 Å². The minimum atomic E-state index is -0.749. The van der Waals surface area contributed by atoms with Gasteiger partial charge in [-0.3, -0.25) is 0 Å². The smallest absolute Gasteiger partial charge is 0.190 e. The molecule has 0 radical (unpaired) electrons. The van der Waals surface area contributed by atoms with Crippen molar-refractivity contribution < 1.29 is 24.1 Å². The van der Waals surface area contributed by atoms with E-state index >= 15 is 0 Å². The van der Waals surface area contributed by atoms with Gasteiger partial charge in [-0.25, -0.2) is 0 Å². The van der Waals surface area contributed by atoms with Crippen molar-refractivity contribution in [3.05, 3.63) is 0 Å². The van der Waals surface area contributed by atoms with Gasteiger partial charge in [0.05, 0.1) is 6.10 Å². The summed E-state index contributed by atoms with van der Waals surface area (Å²) in [6.45, 7) is 7.36. The molecule has 0 aliphatic carbocycles. The first-order chi connectivity index (χ1) is 7.86. The Labute approximate surface area is 102 Å². The number of fused-ring (bicyclic) bond motifs is 1. The molecule has 5 nitrogen and oxygen atoms in total. The van der Waals surface area contributed by atoms with Gasteiger partial charge >= 0.3 is 0 Å². The van der Waals surface area contributed by atoms with Crippen molar-refractivity contribution in [2.24, 2.45) is 0 Å². The van der Waals surface area contributed by atoms with Gasteiger partial charge < -0.3 is 24.1 Å². The molecule has 17 heavy (non-hydrogen) atoms. The van der Waals surface area contributed by atoms with Crippen molar-refractivity contribution in [2.75, 3.05) is 7.11 Å². The first-order valence-electron chi connectivity index (χ1n) is 6.10. The highest BCUT2D eigenvalue weighted by molar-refractivity contribution is 5.06. The fourth-order valence-corrected chi connectivity index (χ4v) is 2.86. The lowest BCUT2D eigenvalue weighted by Gasteiger charge is -2.37. The molecule has 5 atom stereocenters. The van der Waals surface area contributed by atoms with Crippen LogP contribution in [0.15, 0.2) is 0 Å². The van der Waals surface area contributed by atoms with Crippen molar-refractivity contribution in [3.63, 3.8) is 0 Å². The van der Waals surface area contributed by atoms with E-state index in [0.717, 1.165) is 0 Å². The van der Waals surface area contributed by atoms with E-state index in [4.69, 9.17) is 18.9 Å². The molecule has 2 aliphatic rings. The second-order valence-corrected chi connectivity index (χ2v) is 5.23. The van der Waals surface area contributed by atoms with E-state index in [2.05, 4.69) is 0 Å². The van der Waals surface area contributed by atoms with Crippen LogP contribution >= 0.6 is 0 Å². The van der Waals surface area contributed by atoms with E-state index in [-0.39, 0.29) is 12.2 Å². The average Bonchev–Trinajstić information content (AvgIpc) is 2.66. The summed E-state index contributed by atoms with van der Waals surface area (Å²) in [6.07, 6.45) is -1.07. The maximum Gasteiger partial charge on any atom is 0.190 e. The van der Waals surface area contributed by atoms with Gasteiger partial charge in [0, 0.05) is 7.11 Å². The molecule has 0 aromatic carbocycles. The number of aliphatic hydroxyl groups excluding tert-OH is 1. The predicted octanol–water partition coefficient (Wildman–Crippen LogP) is 1.04. The summed E-state index contributed by atoms with van der Waals surface area (Å²) >= 11 is 0. The van der Waals surface area contributed by atoms with Gasteiger partial charge in [-0.15, -0.1) is 0 Å². The molecule has 2 aliphatic heterocycles. The molecule has 0 spiro atoms. The maximum absolute atomic E-state index is 9.97. The molecule has 0 saturated carbocycles. The van der Waals surface area contributed by atoms with Crippen LogP contribution in [0, 0.1) is 0 Å². The van der Waals surface area contributed by atoms with Crippen molar-refractivity contribution in [3.8, 4) is 0 Å². The predicted molar refractivity (Wildman–Crippen MR) is 60.4 cm³/mol. The number of ether oxygens (including phenoxy) is 4. The van der Waals surface area contributed by atoms with Crippen molar-refractivity contribution in [1.82, 2.24) is 0 Å². The third-order valence-electron chi connectivity index (χ3n) is 3.72. The lowest BCUT2D eigenvalue weighted by molar-refractivity contribution is -0.259. The normalized spacial score (nSPS) is 45.9. The van der Waals surface area contributed by atoms with Gasteiger partial charge in [0.25, 0.3) is 0 Å². The third kappa shape index (κ3) is 1.90. The highest BCUT2D eigenvalue weighted by atomic mass is 16.8. The fraction of sp³-hybridized carbons (Fsp3) is 1.00. The molecule has 2 fully saturated rings. The largest absolute Gasteiger partial charge is 0.390 e. The molecule has 0 unspecified atom stereocenters. The minimum absolute atomic E-state index is 0.287. The van der Waals surface area contributed by atoms with Crippen molar-refractivity contribution >= 4 is 0 Å². The second kappa shape index (κ2) is 4.17. The van der Waals surface area contributed by atoms with Crippen LogP contribution < -0.4 is 0 Å². The molecule has 0 amide bonds. The molecular formula is C12H22O5. The van der Waals surface area contributed by atoms with Gasteiger partial charge in [-0.1, -0.05) is 6.92 Å². The highest BCUT2D eigenvalue weighted by Crippen LogP contribution is 2.46. The lowest BCUT2D eigenvalue weighted by atomic mass is 9.87. The SMILES string of the molecule is CC[C@]1([C@@H](C)O)O[C@@H]2OC(C)(C)O[C@@H]2[C@@H]1OC. The Bertz CT molecular complexity index is 291. The van der Waals surface area contributed by atoms with E-state index in [0.29, 0.717) is 6.42 Å². The summed E-state index contributed by atoms with van der Waals surface area (Å²) in [5, 5.41) is 9.97. The molecule has 100 valence electrons. The summed E-state index contributed by atoms with van der Waals surface area (Å²) in [4.78, 5) is 0. The zero-order valence-electron chi connectivity index (χ0n) is 11.1. The van der Waals surface area contributed by atoms with E-state index in [1.165, 1.54) is 0 Å². The summed E-state index contributed by atoms with van der Waals surface area (Å²) < 4.78 is 22.9. The van der Waals surface area contributed by atoms with Gasteiger partial charge in [0.1, 0.15) is 17.8 Å². The van der Waals surface area contributed by atoms with Gasteiger partial charge in [0.15, 0.2) is 12.1 Å². The maximum atomic E-state index is 9.97. The van der Waals surface area contributed by atoms with Crippen molar-refractivity contribution in [1.29, 1.82) is 0 Å². The van der Waals surface area contributed by atoms with E-state index in [1.807, 2.05) is 20.8 Å². The Kier molecular flexibility index (Phi) is 3.25. The molecule has 5 heteroatoms. The molecular weight excluding hydrogens is 224 g/mol. The van der Waals surface area contributed by atoms with E-state index < -0.39 is 23.8 Å². The van der Waals surface area contributed by atoms with Crippen LogP contribution in [0.25, 0.3) is 0 Å². The molecule has 2 saturated heterocycles. The van der Waals surface area contributed by atoms with Gasteiger partial charge in [-0.2, -0.15) is 0 Å². The molecule has 0 aromatic rings. The fourth-order valence-electron chi connectivity index (χ4n) is 2.86.